The molecule has 0 saturated heterocycles. The Bertz CT molecular complexity index is 496. The van der Waals surface area contributed by atoms with E-state index in [9.17, 15) is 4.79 Å². The lowest BCUT2D eigenvalue weighted by Gasteiger charge is -1.99. The van der Waals surface area contributed by atoms with Crippen molar-refractivity contribution >= 4 is 35.4 Å². The second-order valence-electron chi connectivity index (χ2n) is 2.76. The summed E-state index contributed by atoms with van der Waals surface area (Å²) in [6.45, 7) is -0.278. The van der Waals surface area contributed by atoms with Gasteiger partial charge in [0.1, 0.15) is 6.54 Å². The Balaban J connectivity index is 0.00000128. The van der Waals surface area contributed by atoms with Crippen molar-refractivity contribution in [2.75, 3.05) is 5.73 Å². The summed E-state index contributed by atoms with van der Waals surface area (Å²) in [6.07, 6.45) is 0. The fraction of sp³-hybridized carbons (Fsp3) is 0.143. The van der Waals surface area contributed by atoms with Crippen molar-refractivity contribution in [1.29, 1.82) is 0 Å². The first-order valence-electron chi connectivity index (χ1n) is 4.00. The summed E-state index contributed by atoms with van der Waals surface area (Å²) in [5, 5.41) is 21.2. The predicted molar refractivity (Wildman–Crippen MR) is 60.4 cm³/mol. The van der Waals surface area contributed by atoms with Gasteiger partial charge in [-0.05, 0) is 21.9 Å². The monoisotopic (exact) mass is 261 g/mol. The van der Waals surface area contributed by atoms with E-state index in [4.69, 9.17) is 10.8 Å². The van der Waals surface area contributed by atoms with Gasteiger partial charge in [-0.25, -0.2) is 4.68 Å². The normalized spacial score (nSPS) is 9.75. The number of thiophene rings is 1. The highest BCUT2D eigenvalue weighted by Crippen LogP contribution is 2.29. The number of rotatable bonds is 3. The molecule has 0 aliphatic heterocycles. The number of hydrogen-bond acceptors (Lipinski definition) is 6. The topological polar surface area (TPSA) is 107 Å². The maximum Gasteiger partial charge on any atom is 0.325 e. The van der Waals surface area contributed by atoms with Gasteiger partial charge in [-0.2, -0.15) is 0 Å². The molecule has 0 saturated carbocycles. The largest absolute Gasteiger partial charge is 0.480 e. The fourth-order valence-corrected chi connectivity index (χ4v) is 1.91. The zero-order valence-corrected chi connectivity index (χ0v) is 9.53. The van der Waals surface area contributed by atoms with Crippen molar-refractivity contribution in [3.63, 3.8) is 0 Å². The molecule has 9 heteroatoms. The van der Waals surface area contributed by atoms with Crippen molar-refractivity contribution in [3.05, 3.63) is 11.4 Å². The Morgan fingerprint density at radius 3 is 2.94 bits per heavy atom. The third-order valence-corrected chi connectivity index (χ3v) is 2.64. The lowest BCUT2D eigenvalue weighted by Crippen LogP contribution is -2.11. The van der Waals surface area contributed by atoms with Gasteiger partial charge in [0.15, 0.2) is 5.82 Å². The molecule has 3 N–H and O–H groups in total. The zero-order valence-electron chi connectivity index (χ0n) is 7.90. The molecule has 0 aromatic carbocycles. The van der Waals surface area contributed by atoms with Crippen molar-refractivity contribution in [2.24, 2.45) is 0 Å². The Hall–Kier alpha value is -1.67. The Labute approximate surface area is 100 Å². The van der Waals surface area contributed by atoms with E-state index in [0.717, 1.165) is 0 Å². The van der Waals surface area contributed by atoms with E-state index in [1.54, 1.807) is 11.4 Å². The van der Waals surface area contributed by atoms with E-state index < -0.39 is 5.97 Å². The number of nitrogens with two attached hydrogens (primary N) is 1. The molecule has 0 aliphatic rings. The number of nitrogens with zero attached hydrogens (tertiary/aromatic N) is 4. The highest BCUT2D eigenvalue weighted by Gasteiger charge is 2.14. The summed E-state index contributed by atoms with van der Waals surface area (Å²) in [7, 11) is 0. The summed E-state index contributed by atoms with van der Waals surface area (Å²) in [4.78, 5) is 11.2. The molecule has 0 unspecified atom stereocenters. The van der Waals surface area contributed by atoms with E-state index in [1.165, 1.54) is 16.0 Å². The Morgan fingerprint density at radius 2 is 2.38 bits per heavy atom. The van der Waals surface area contributed by atoms with E-state index in [-0.39, 0.29) is 19.0 Å². The summed E-state index contributed by atoms with van der Waals surface area (Å²) >= 11 is 1.37. The molecule has 2 heterocycles. The highest BCUT2D eigenvalue weighted by molar-refractivity contribution is 7.14. The first-order valence-corrected chi connectivity index (χ1v) is 4.87. The molecule has 2 rings (SSSR count). The van der Waals surface area contributed by atoms with Crippen LogP contribution in [-0.4, -0.2) is 31.3 Å². The molecule has 2 aromatic rings. The highest BCUT2D eigenvalue weighted by atomic mass is 35.5. The minimum absolute atomic E-state index is 0. The number of halogens is 1. The standard InChI is InChI=1S/C7H7N5O2S.ClH/c8-4-1-2-15-6(4)7-9-10-11-12(7)3-5(13)14;/h1-2H,3,8H2,(H,13,14);1H. The van der Waals surface area contributed by atoms with Crippen LogP contribution in [0.4, 0.5) is 5.69 Å². The molecule has 16 heavy (non-hydrogen) atoms. The van der Waals surface area contributed by atoms with Crippen LogP contribution in [0.2, 0.25) is 0 Å². The number of nitrogen functional groups attached to an aromatic ring is 1. The molecule has 0 bridgehead atoms. The quantitative estimate of drug-likeness (QED) is 0.833. The van der Waals surface area contributed by atoms with E-state index >= 15 is 0 Å². The van der Waals surface area contributed by atoms with Gasteiger partial charge in [0.2, 0.25) is 0 Å². The number of hydrogen-bond donors (Lipinski definition) is 2. The van der Waals surface area contributed by atoms with Crippen LogP contribution in [-0.2, 0) is 11.3 Å². The summed E-state index contributed by atoms with van der Waals surface area (Å²) in [6, 6.07) is 1.72. The molecular weight excluding hydrogens is 254 g/mol. The number of tetrazole rings is 1. The first kappa shape index (κ1) is 12.4. The van der Waals surface area contributed by atoms with Gasteiger partial charge >= 0.3 is 5.97 Å². The van der Waals surface area contributed by atoms with Crippen molar-refractivity contribution in [3.8, 4) is 10.7 Å². The molecule has 0 aliphatic carbocycles. The van der Waals surface area contributed by atoms with Crippen molar-refractivity contribution < 1.29 is 9.90 Å². The van der Waals surface area contributed by atoms with Gasteiger partial charge in [0.25, 0.3) is 0 Å². The predicted octanol–water partition coefficient (Wildman–Crippen LogP) is 0.490. The SMILES string of the molecule is Cl.Nc1ccsc1-c1nnnn1CC(=O)O. The van der Waals surface area contributed by atoms with Gasteiger partial charge in [0.05, 0.1) is 10.6 Å². The van der Waals surface area contributed by atoms with Crippen LogP contribution < -0.4 is 5.73 Å². The minimum atomic E-state index is -1.00. The van der Waals surface area contributed by atoms with Crippen LogP contribution in [0.15, 0.2) is 11.4 Å². The van der Waals surface area contributed by atoms with Crippen LogP contribution in [0.3, 0.4) is 0 Å². The average molecular weight is 262 g/mol. The third kappa shape index (κ3) is 2.28. The molecule has 2 aromatic heterocycles. The van der Waals surface area contributed by atoms with Gasteiger partial charge in [-0.3, -0.25) is 4.79 Å². The van der Waals surface area contributed by atoms with E-state index in [1.807, 2.05) is 0 Å². The molecule has 86 valence electrons. The van der Waals surface area contributed by atoms with Crippen LogP contribution >= 0.6 is 23.7 Å². The van der Waals surface area contributed by atoms with Crippen LogP contribution in [0.5, 0.6) is 0 Å². The molecule has 0 amide bonds. The second-order valence-corrected chi connectivity index (χ2v) is 3.68. The van der Waals surface area contributed by atoms with Gasteiger partial charge < -0.3 is 10.8 Å². The van der Waals surface area contributed by atoms with E-state index in [2.05, 4.69) is 15.5 Å². The lowest BCUT2D eigenvalue weighted by atomic mass is 10.4. The molecular formula is C7H8ClN5O2S. The van der Waals surface area contributed by atoms with Crippen LogP contribution in [0.1, 0.15) is 0 Å². The van der Waals surface area contributed by atoms with E-state index in [0.29, 0.717) is 16.4 Å². The lowest BCUT2D eigenvalue weighted by molar-refractivity contribution is -0.137. The molecule has 7 nitrogen and oxygen atoms in total. The zero-order chi connectivity index (χ0) is 10.8. The molecule has 0 fully saturated rings. The number of anilines is 1. The Morgan fingerprint density at radius 1 is 1.62 bits per heavy atom. The average Bonchev–Trinajstić information content (AvgIpc) is 2.73. The summed E-state index contributed by atoms with van der Waals surface area (Å²) in [5.41, 5.74) is 6.23. The van der Waals surface area contributed by atoms with Gasteiger partial charge in [-0.15, -0.1) is 28.8 Å². The fourth-order valence-electron chi connectivity index (χ4n) is 1.10. The first-order chi connectivity index (χ1) is 7.18. The number of aromatic nitrogens is 4. The number of aliphatic carboxylic acids is 1. The van der Waals surface area contributed by atoms with Crippen LogP contribution in [0.25, 0.3) is 10.7 Å². The summed E-state index contributed by atoms with van der Waals surface area (Å²) < 4.78 is 1.20. The molecule has 0 radical (unpaired) electrons. The Kier molecular flexibility index (Phi) is 3.80. The maximum atomic E-state index is 10.5. The summed E-state index contributed by atoms with van der Waals surface area (Å²) in [5.74, 6) is -0.622. The minimum Gasteiger partial charge on any atom is -0.480 e. The van der Waals surface area contributed by atoms with Crippen molar-refractivity contribution in [1.82, 2.24) is 20.2 Å². The van der Waals surface area contributed by atoms with Crippen LogP contribution in [0, 0.1) is 0 Å². The molecule has 0 atom stereocenters. The van der Waals surface area contributed by atoms with Gasteiger partial charge in [-0.1, -0.05) is 0 Å². The van der Waals surface area contributed by atoms with Crippen molar-refractivity contribution in [2.45, 2.75) is 6.54 Å². The second kappa shape index (κ2) is 4.90. The third-order valence-electron chi connectivity index (χ3n) is 1.72. The van der Waals surface area contributed by atoms with Gasteiger partial charge in [0, 0.05) is 0 Å². The number of carboxylic acids is 1. The number of carboxylic acid groups (broad SMARTS) is 1. The number of carbonyl (C=O) groups is 1. The maximum absolute atomic E-state index is 10.5. The smallest absolute Gasteiger partial charge is 0.325 e. The molecule has 0 spiro atoms.